The Morgan fingerprint density at radius 1 is 1.03 bits per heavy atom. The molecule has 3 aromatic rings. The van der Waals surface area contributed by atoms with Crippen LogP contribution in [0.3, 0.4) is 0 Å². The predicted octanol–water partition coefficient (Wildman–Crippen LogP) is 2.68. The van der Waals surface area contributed by atoms with E-state index < -0.39 is 13.0 Å². The molecule has 31 heavy (non-hydrogen) atoms. The lowest BCUT2D eigenvalue weighted by atomic mass is 10.1. The molecule has 8 nitrogen and oxygen atoms in total. The summed E-state index contributed by atoms with van der Waals surface area (Å²) in [5, 5.41) is 0. The number of aromatic amines is 1. The summed E-state index contributed by atoms with van der Waals surface area (Å²) in [5.41, 5.74) is 2.51. The highest BCUT2D eigenvalue weighted by molar-refractivity contribution is 5.69. The monoisotopic (exact) mass is 437 g/mol. The van der Waals surface area contributed by atoms with Crippen LogP contribution in [0.15, 0.2) is 35.3 Å². The van der Waals surface area contributed by atoms with E-state index in [1.807, 2.05) is 12.1 Å². The molecule has 0 radical (unpaired) electrons. The van der Waals surface area contributed by atoms with Crippen molar-refractivity contribution in [2.75, 3.05) is 26.3 Å². The minimum atomic E-state index is -4.72. The van der Waals surface area contributed by atoms with Crippen molar-refractivity contribution in [3.05, 3.63) is 52.1 Å². The van der Waals surface area contributed by atoms with Crippen LogP contribution in [0.2, 0.25) is 0 Å². The molecule has 1 aliphatic heterocycles. The molecule has 2 aromatic heterocycles. The van der Waals surface area contributed by atoms with Crippen LogP contribution in [0, 0.1) is 0 Å². The second kappa shape index (κ2) is 9.06. The molecule has 11 heteroatoms. The first-order valence-corrected chi connectivity index (χ1v) is 9.96. The van der Waals surface area contributed by atoms with Crippen LogP contribution >= 0.6 is 0 Å². The number of rotatable bonds is 8. The Bertz CT molecular complexity index is 1070. The van der Waals surface area contributed by atoms with Crippen molar-refractivity contribution in [1.29, 1.82) is 0 Å². The van der Waals surface area contributed by atoms with Crippen LogP contribution in [0.4, 0.5) is 13.2 Å². The third-order valence-corrected chi connectivity index (χ3v) is 5.04. The lowest BCUT2D eigenvalue weighted by molar-refractivity contribution is -0.325. The van der Waals surface area contributed by atoms with E-state index in [0.717, 1.165) is 25.2 Å². The summed E-state index contributed by atoms with van der Waals surface area (Å²) in [7, 11) is 0. The van der Waals surface area contributed by atoms with Gasteiger partial charge in [-0.05, 0) is 37.1 Å². The number of imidazole rings is 1. The molecule has 1 aromatic carbocycles. The van der Waals surface area contributed by atoms with Gasteiger partial charge in [-0.2, -0.15) is 4.98 Å². The molecule has 0 bridgehead atoms. The minimum Gasteiger partial charge on any atom is -0.461 e. The van der Waals surface area contributed by atoms with Crippen molar-refractivity contribution in [3.8, 4) is 6.01 Å². The summed E-state index contributed by atoms with van der Waals surface area (Å²) in [6.07, 6.45) is -0.881. The Labute approximate surface area is 175 Å². The average Bonchev–Trinajstić information content (AvgIpc) is 3.34. The van der Waals surface area contributed by atoms with Crippen LogP contribution in [-0.4, -0.2) is 57.1 Å². The molecular weight excluding hydrogens is 415 g/mol. The van der Waals surface area contributed by atoms with E-state index in [1.165, 1.54) is 29.2 Å². The topological polar surface area (TPSA) is 85.3 Å². The second-order valence-electron chi connectivity index (χ2n) is 7.35. The van der Waals surface area contributed by atoms with Crippen LogP contribution in [0.1, 0.15) is 24.0 Å². The first-order chi connectivity index (χ1) is 14.9. The molecule has 0 saturated carbocycles. The van der Waals surface area contributed by atoms with Crippen LogP contribution in [0.5, 0.6) is 6.01 Å². The first kappa shape index (κ1) is 21.3. The third kappa shape index (κ3) is 5.61. The minimum absolute atomic E-state index is 0.132. The third-order valence-electron chi connectivity index (χ3n) is 5.04. The van der Waals surface area contributed by atoms with Crippen molar-refractivity contribution in [2.24, 2.45) is 0 Å². The quantitative estimate of drug-likeness (QED) is 0.546. The molecule has 0 spiro atoms. The number of benzene rings is 1. The molecule has 0 aliphatic carbocycles. The molecule has 1 aliphatic rings. The van der Waals surface area contributed by atoms with Gasteiger partial charge in [0.2, 0.25) is 0 Å². The van der Waals surface area contributed by atoms with Gasteiger partial charge < -0.3 is 9.72 Å². The van der Waals surface area contributed by atoms with E-state index in [0.29, 0.717) is 11.2 Å². The Morgan fingerprint density at radius 3 is 2.39 bits per heavy atom. The lowest BCUT2D eigenvalue weighted by Gasteiger charge is -2.14. The van der Waals surface area contributed by atoms with Gasteiger partial charge in [0.05, 0.1) is 19.3 Å². The summed E-state index contributed by atoms with van der Waals surface area (Å²) < 4.78 is 46.3. The van der Waals surface area contributed by atoms with Gasteiger partial charge in [0, 0.05) is 6.54 Å². The fourth-order valence-electron chi connectivity index (χ4n) is 3.57. The Hall–Kier alpha value is -2.92. The molecule has 1 saturated heterocycles. The zero-order valence-corrected chi connectivity index (χ0v) is 16.7. The van der Waals surface area contributed by atoms with Gasteiger partial charge in [0.25, 0.3) is 0 Å². The van der Waals surface area contributed by atoms with Crippen molar-refractivity contribution in [3.63, 3.8) is 0 Å². The standard InChI is InChI=1S/C20H22F3N5O3/c21-20(22,23)31-10-9-30-18-24-11-16-17(26-18)28(19(29)25-16)13-15-5-3-14(4-6-15)12-27-7-1-2-8-27/h3-6,11H,1-2,7-10,12-13H2,(H,25,29). The van der Waals surface area contributed by atoms with Gasteiger partial charge in [-0.25, -0.2) is 9.78 Å². The predicted molar refractivity (Wildman–Crippen MR) is 106 cm³/mol. The molecular formula is C20H22F3N5O3. The normalized spacial score (nSPS) is 15.1. The van der Waals surface area contributed by atoms with E-state index in [2.05, 4.69) is 36.7 Å². The van der Waals surface area contributed by atoms with E-state index in [1.54, 1.807) is 0 Å². The number of nitrogens with one attached hydrogen (secondary N) is 1. The largest absolute Gasteiger partial charge is 0.522 e. The van der Waals surface area contributed by atoms with Gasteiger partial charge in [-0.15, -0.1) is 13.2 Å². The zero-order chi connectivity index (χ0) is 21.8. The number of nitrogens with zero attached hydrogens (tertiary/aromatic N) is 4. The molecule has 0 amide bonds. The second-order valence-corrected chi connectivity index (χ2v) is 7.35. The van der Waals surface area contributed by atoms with Gasteiger partial charge in [-0.1, -0.05) is 24.3 Å². The summed E-state index contributed by atoms with van der Waals surface area (Å²) in [6, 6.07) is 7.93. The molecule has 0 atom stereocenters. The number of halogens is 3. The van der Waals surface area contributed by atoms with Crippen molar-refractivity contribution in [1.82, 2.24) is 24.4 Å². The summed E-state index contributed by atoms with van der Waals surface area (Å²) >= 11 is 0. The maximum atomic E-state index is 12.4. The number of fused-ring (bicyclic) bond motifs is 1. The number of aromatic nitrogens is 4. The zero-order valence-electron chi connectivity index (χ0n) is 16.7. The molecule has 0 unspecified atom stereocenters. The maximum absolute atomic E-state index is 12.4. The van der Waals surface area contributed by atoms with Crippen molar-refractivity contribution >= 4 is 11.2 Å². The number of likely N-dealkylation sites (tertiary alicyclic amines) is 1. The Morgan fingerprint density at radius 2 is 1.71 bits per heavy atom. The summed E-state index contributed by atoms with van der Waals surface area (Å²) in [4.78, 5) is 25.5. The number of ether oxygens (including phenoxy) is 2. The van der Waals surface area contributed by atoms with E-state index in [9.17, 15) is 18.0 Å². The number of hydrogen-bond acceptors (Lipinski definition) is 6. The highest BCUT2D eigenvalue weighted by Crippen LogP contribution is 2.17. The molecule has 166 valence electrons. The van der Waals surface area contributed by atoms with Crippen LogP contribution < -0.4 is 10.4 Å². The first-order valence-electron chi connectivity index (χ1n) is 9.96. The average molecular weight is 437 g/mol. The van der Waals surface area contributed by atoms with E-state index >= 15 is 0 Å². The fourth-order valence-corrected chi connectivity index (χ4v) is 3.57. The number of hydrogen-bond donors (Lipinski definition) is 1. The van der Waals surface area contributed by atoms with Gasteiger partial charge in [0.1, 0.15) is 12.1 Å². The van der Waals surface area contributed by atoms with Gasteiger partial charge in [-0.3, -0.25) is 14.2 Å². The highest BCUT2D eigenvalue weighted by Gasteiger charge is 2.28. The molecule has 1 fully saturated rings. The highest BCUT2D eigenvalue weighted by atomic mass is 19.4. The Kier molecular flexibility index (Phi) is 6.23. The van der Waals surface area contributed by atoms with E-state index in [4.69, 9.17) is 4.74 Å². The molecule has 3 heterocycles. The summed E-state index contributed by atoms with van der Waals surface area (Å²) in [6.45, 7) is 2.39. The van der Waals surface area contributed by atoms with Crippen LogP contribution in [-0.2, 0) is 17.8 Å². The SMILES string of the molecule is O=c1[nH]c2cnc(OCCOC(F)(F)F)nc2n1Cc1ccc(CN2CCCC2)cc1. The number of H-pyrrole nitrogens is 1. The lowest BCUT2D eigenvalue weighted by Crippen LogP contribution is -2.19. The molecule has 1 N–H and O–H groups in total. The fraction of sp³-hybridized carbons (Fsp3) is 0.450. The molecule has 4 rings (SSSR count). The van der Waals surface area contributed by atoms with Gasteiger partial charge >= 0.3 is 18.1 Å². The van der Waals surface area contributed by atoms with E-state index in [-0.39, 0.29) is 24.9 Å². The smallest absolute Gasteiger partial charge is 0.461 e. The maximum Gasteiger partial charge on any atom is 0.522 e. The van der Waals surface area contributed by atoms with Gasteiger partial charge in [0.15, 0.2) is 5.65 Å². The van der Waals surface area contributed by atoms with Crippen molar-refractivity contribution < 1.29 is 22.6 Å². The van der Waals surface area contributed by atoms with Crippen LogP contribution in [0.25, 0.3) is 11.2 Å². The van der Waals surface area contributed by atoms with Crippen molar-refractivity contribution in [2.45, 2.75) is 32.3 Å². The Balaban J connectivity index is 1.44. The summed E-state index contributed by atoms with van der Waals surface area (Å²) in [5.74, 6) is 0. The number of alkyl halides is 3.